The van der Waals surface area contributed by atoms with Gasteiger partial charge in [0.15, 0.2) is 0 Å². The number of para-hydroxylation sites is 1. The van der Waals surface area contributed by atoms with Crippen molar-refractivity contribution in [2.75, 3.05) is 29.9 Å². The number of likely N-dealkylation sites (N-methyl/N-ethyl adjacent to an activating group) is 1. The molecular formula is C22H28ClN3O2. The van der Waals surface area contributed by atoms with Gasteiger partial charge in [-0.2, -0.15) is 0 Å². The van der Waals surface area contributed by atoms with Gasteiger partial charge in [-0.05, 0) is 56.1 Å². The molecule has 0 radical (unpaired) electrons. The van der Waals surface area contributed by atoms with Crippen molar-refractivity contribution in [2.24, 2.45) is 5.92 Å². The number of carbonyl (C=O) groups is 2. The van der Waals surface area contributed by atoms with Crippen LogP contribution in [0.15, 0.2) is 54.6 Å². The molecule has 1 unspecified atom stereocenters. The SMILES string of the molecule is CCN(C(=O)Cc1ccc(NC(=O)C2CCCNC2)cc1)c1ccccc1.Cl. The molecular weight excluding hydrogens is 374 g/mol. The van der Waals surface area contributed by atoms with E-state index in [0.717, 1.165) is 42.9 Å². The minimum Gasteiger partial charge on any atom is -0.326 e. The monoisotopic (exact) mass is 401 g/mol. The summed E-state index contributed by atoms with van der Waals surface area (Å²) >= 11 is 0. The standard InChI is InChI=1S/C22H27N3O2.ClH/c1-2-25(20-8-4-3-5-9-20)21(26)15-17-10-12-19(13-11-17)24-22(27)18-7-6-14-23-16-18;/h3-5,8-13,18,23H,2,6-7,14-16H2,1H3,(H,24,27);1H. The number of halogens is 1. The van der Waals surface area contributed by atoms with Gasteiger partial charge in [0.1, 0.15) is 0 Å². The van der Waals surface area contributed by atoms with Crippen molar-refractivity contribution in [2.45, 2.75) is 26.2 Å². The molecule has 5 nitrogen and oxygen atoms in total. The summed E-state index contributed by atoms with van der Waals surface area (Å²) in [6, 6.07) is 17.3. The molecule has 1 atom stereocenters. The van der Waals surface area contributed by atoms with Gasteiger partial charge in [-0.1, -0.05) is 30.3 Å². The van der Waals surface area contributed by atoms with Crippen LogP contribution in [-0.2, 0) is 16.0 Å². The molecule has 28 heavy (non-hydrogen) atoms. The van der Waals surface area contributed by atoms with Crippen molar-refractivity contribution in [3.8, 4) is 0 Å². The summed E-state index contributed by atoms with van der Waals surface area (Å²) in [6.07, 6.45) is 2.30. The molecule has 2 aromatic carbocycles. The molecule has 1 heterocycles. The smallest absolute Gasteiger partial charge is 0.231 e. The highest BCUT2D eigenvalue weighted by atomic mass is 35.5. The van der Waals surface area contributed by atoms with Crippen LogP contribution in [0.3, 0.4) is 0 Å². The zero-order valence-electron chi connectivity index (χ0n) is 16.2. The van der Waals surface area contributed by atoms with Gasteiger partial charge in [-0.25, -0.2) is 0 Å². The Hall–Kier alpha value is -2.37. The molecule has 2 aromatic rings. The first-order valence-electron chi connectivity index (χ1n) is 9.63. The number of amides is 2. The molecule has 150 valence electrons. The van der Waals surface area contributed by atoms with Crippen LogP contribution in [-0.4, -0.2) is 31.4 Å². The van der Waals surface area contributed by atoms with Crippen molar-refractivity contribution in [1.29, 1.82) is 0 Å². The quantitative estimate of drug-likeness (QED) is 0.776. The fourth-order valence-electron chi connectivity index (χ4n) is 3.41. The molecule has 2 amide bonds. The van der Waals surface area contributed by atoms with E-state index in [1.165, 1.54) is 0 Å². The van der Waals surface area contributed by atoms with Crippen LogP contribution in [0, 0.1) is 5.92 Å². The molecule has 1 saturated heterocycles. The van der Waals surface area contributed by atoms with Crippen molar-refractivity contribution in [3.63, 3.8) is 0 Å². The summed E-state index contributed by atoms with van der Waals surface area (Å²) < 4.78 is 0. The van der Waals surface area contributed by atoms with Crippen LogP contribution < -0.4 is 15.5 Å². The van der Waals surface area contributed by atoms with Gasteiger partial charge >= 0.3 is 0 Å². The van der Waals surface area contributed by atoms with E-state index in [9.17, 15) is 9.59 Å². The van der Waals surface area contributed by atoms with Crippen molar-refractivity contribution in [3.05, 3.63) is 60.2 Å². The lowest BCUT2D eigenvalue weighted by Gasteiger charge is -2.22. The number of benzene rings is 2. The molecule has 2 N–H and O–H groups in total. The largest absolute Gasteiger partial charge is 0.326 e. The Morgan fingerprint density at radius 1 is 1.11 bits per heavy atom. The highest BCUT2D eigenvalue weighted by Crippen LogP contribution is 2.17. The lowest BCUT2D eigenvalue weighted by Crippen LogP contribution is -2.37. The molecule has 1 aliphatic rings. The van der Waals surface area contributed by atoms with Crippen LogP contribution in [0.2, 0.25) is 0 Å². The van der Waals surface area contributed by atoms with E-state index in [2.05, 4.69) is 10.6 Å². The second-order valence-corrected chi connectivity index (χ2v) is 6.88. The van der Waals surface area contributed by atoms with E-state index >= 15 is 0 Å². The number of rotatable bonds is 6. The third-order valence-corrected chi connectivity index (χ3v) is 4.93. The van der Waals surface area contributed by atoms with E-state index in [-0.39, 0.29) is 30.1 Å². The number of hydrogen-bond donors (Lipinski definition) is 2. The summed E-state index contributed by atoms with van der Waals surface area (Å²) in [7, 11) is 0. The third-order valence-electron chi connectivity index (χ3n) is 4.93. The number of nitrogens with one attached hydrogen (secondary N) is 2. The third kappa shape index (κ3) is 5.81. The lowest BCUT2D eigenvalue weighted by atomic mass is 9.99. The normalized spacial score (nSPS) is 16.0. The van der Waals surface area contributed by atoms with Crippen molar-refractivity contribution in [1.82, 2.24) is 5.32 Å². The van der Waals surface area contributed by atoms with E-state index in [1.54, 1.807) is 4.90 Å². The van der Waals surface area contributed by atoms with Crippen LogP contribution in [0.4, 0.5) is 11.4 Å². The number of piperidine rings is 1. The minimum absolute atomic E-state index is 0. The molecule has 3 rings (SSSR count). The Balaban J connectivity index is 0.00000280. The van der Waals surface area contributed by atoms with Gasteiger partial charge in [0.25, 0.3) is 0 Å². The first-order valence-corrected chi connectivity index (χ1v) is 9.63. The van der Waals surface area contributed by atoms with Crippen LogP contribution in [0.5, 0.6) is 0 Å². The van der Waals surface area contributed by atoms with Gasteiger partial charge in [0, 0.05) is 24.5 Å². The van der Waals surface area contributed by atoms with E-state index < -0.39 is 0 Å². The molecule has 0 saturated carbocycles. The second-order valence-electron chi connectivity index (χ2n) is 6.88. The fraction of sp³-hybridized carbons (Fsp3) is 0.364. The van der Waals surface area contributed by atoms with Crippen LogP contribution in [0.1, 0.15) is 25.3 Å². The van der Waals surface area contributed by atoms with E-state index in [0.29, 0.717) is 13.0 Å². The Morgan fingerprint density at radius 2 is 1.82 bits per heavy atom. The summed E-state index contributed by atoms with van der Waals surface area (Å²) in [6.45, 7) is 4.34. The Morgan fingerprint density at radius 3 is 2.43 bits per heavy atom. The molecule has 0 bridgehead atoms. The summed E-state index contributed by atoms with van der Waals surface area (Å²) in [4.78, 5) is 26.7. The lowest BCUT2D eigenvalue weighted by molar-refractivity contribution is -0.120. The predicted molar refractivity (Wildman–Crippen MR) is 116 cm³/mol. The van der Waals surface area contributed by atoms with Crippen molar-refractivity contribution < 1.29 is 9.59 Å². The predicted octanol–water partition coefficient (Wildman–Crippen LogP) is 3.64. The first-order chi connectivity index (χ1) is 13.2. The van der Waals surface area contributed by atoms with Crippen LogP contribution >= 0.6 is 12.4 Å². The molecule has 1 aliphatic heterocycles. The molecule has 1 fully saturated rings. The number of nitrogens with zero attached hydrogens (tertiary/aromatic N) is 1. The highest BCUT2D eigenvalue weighted by Gasteiger charge is 2.21. The molecule has 0 aromatic heterocycles. The van der Waals surface area contributed by atoms with Gasteiger partial charge in [0.2, 0.25) is 11.8 Å². The van der Waals surface area contributed by atoms with E-state index in [4.69, 9.17) is 0 Å². The number of anilines is 2. The topological polar surface area (TPSA) is 61.4 Å². The molecule has 0 spiro atoms. The maximum Gasteiger partial charge on any atom is 0.231 e. The van der Waals surface area contributed by atoms with Crippen molar-refractivity contribution >= 4 is 35.6 Å². The van der Waals surface area contributed by atoms with E-state index in [1.807, 2.05) is 61.5 Å². The summed E-state index contributed by atoms with van der Waals surface area (Å²) in [5, 5.41) is 6.24. The van der Waals surface area contributed by atoms with Crippen LogP contribution in [0.25, 0.3) is 0 Å². The highest BCUT2D eigenvalue weighted by molar-refractivity contribution is 5.95. The second kappa shape index (κ2) is 10.8. The van der Waals surface area contributed by atoms with Gasteiger partial charge in [-0.3, -0.25) is 9.59 Å². The van der Waals surface area contributed by atoms with Gasteiger partial charge < -0.3 is 15.5 Å². The number of carbonyl (C=O) groups excluding carboxylic acids is 2. The first kappa shape index (κ1) is 21.9. The fourth-order valence-corrected chi connectivity index (χ4v) is 3.41. The maximum absolute atomic E-state index is 12.7. The maximum atomic E-state index is 12.7. The molecule has 6 heteroatoms. The summed E-state index contributed by atoms with van der Waals surface area (Å²) in [5.74, 6) is 0.157. The van der Waals surface area contributed by atoms with Gasteiger partial charge in [-0.15, -0.1) is 12.4 Å². The zero-order chi connectivity index (χ0) is 19.1. The average molecular weight is 402 g/mol. The Bertz CT molecular complexity index is 759. The summed E-state index contributed by atoms with van der Waals surface area (Å²) in [5.41, 5.74) is 2.62. The Labute approximate surface area is 172 Å². The Kier molecular flexibility index (Phi) is 8.48. The molecule has 0 aliphatic carbocycles. The van der Waals surface area contributed by atoms with Gasteiger partial charge in [0.05, 0.1) is 12.3 Å². The number of hydrogen-bond acceptors (Lipinski definition) is 3. The average Bonchev–Trinajstić information content (AvgIpc) is 2.71. The minimum atomic E-state index is 0. The zero-order valence-corrected chi connectivity index (χ0v) is 17.0.